The minimum Gasteiger partial charge on any atom is -0.375 e. The minimum atomic E-state index is -0.347. The topological polar surface area (TPSA) is 58.6 Å². The van der Waals surface area contributed by atoms with E-state index < -0.39 is 0 Å². The van der Waals surface area contributed by atoms with Crippen LogP contribution < -0.4 is 5.32 Å². The smallest absolute Gasteiger partial charge is 0.243 e. The Kier molecular flexibility index (Phi) is 3.85. The molecule has 19 heavy (non-hydrogen) atoms. The molecule has 108 valence electrons. The van der Waals surface area contributed by atoms with Crippen LogP contribution in [0.15, 0.2) is 0 Å². The van der Waals surface area contributed by atoms with E-state index in [2.05, 4.69) is 5.32 Å². The van der Waals surface area contributed by atoms with Crippen LogP contribution in [0.25, 0.3) is 0 Å². The molecule has 2 fully saturated rings. The van der Waals surface area contributed by atoms with E-state index in [0.29, 0.717) is 6.61 Å². The normalized spacial score (nSPS) is 31.5. The first-order chi connectivity index (χ1) is 8.82. The molecule has 2 aliphatic heterocycles. The maximum Gasteiger partial charge on any atom is 0.243 e. The Labute approximate surface area is 114 Å². The van der Waals surface area contributed by atoms with E-state index in [-0.39, 0.29) is 42.0 Å². The molecule has 5 heteroatoms. The molecule has 0 spiro atoms. The van der Waals surface area contributed by atoms with Crippen molar-refractivity contribution < 1.29 is 14.3 Å². The van der Waals surface area contributed by atoms with Crippen LogP contribution in [0.5, 0.6) is 0 Å². The summed E-state index contributed by atoms with van der Waals surface area (Å²) in [6.45, 7) is 8.82. The molecular formula is C14H24N2O3. The summed E-state index contributed by atoms with van der Waals surface area (Å²) in [5.41, 5.74) is -0.224. The summed E-state index contributed by atoms with van der Waals surface area (Å²) in [6, 6.07) is -0.241. The fraction of sp³-hybridized carbons (Fsp3) is 0.857. The number of rotatable bonds is 2. The van der Waals surface area contributed by atoms with Crippen molar-refractivity contribution in [3.63, 3.8) is 0 Å². The van der Waals surface area contributed by atoms with E-state index in [0.717, 1.165) is 12.8 Å². The molecule has 2 rings (SSSR count). The lowest BCUT2D eigenvalue weighted by atomic mass is 9.89. The molecule has 5 nitrogen and oxygen atoms in total. The molecule has 0 bridgehead atoms. The Morgan fingerprint density at radius 2 is 2.05 bits per heavy atom. The predicted octanol–water partition coefficient (Wildman–Crippen LogP) is 0.927. The number of ether oxygens (including phenoxy) is 1. The van der Waals surface area contributed by atoms with Crippen LogP contribution in [0.1, 0.15) is 40.5 Å². The Morgan fingerprint density at radius 3 is 2.63 bits per heavy atom. The first-order valence-corrected chi connectivity index (χ1v) is 7.04. The van der Waals surface area contributed by atoms with Gasteiger partial charge >= 0.3 is 0 Å². The quantitative estimate of drug-likeness (QED) is 0.810. The molecule has 2 amide bonds. The van der Waals surface area contributed by atoms with E-state index in [1.807, 2.05) is 32.6 Å². The number of piperazine rings is 1. The zero-order chi connectivity index (χ0) is 14.2. The minimum absolute atomic E-state index is 0.0287. The van der Waals surface area contributed by atoms with Gasteiger partial charge in [0.15, 0.2) is 0 Å². The molecule has 2 unspecified atom stereocenters. The van der Waals surface area contributed by atoms with Gasteiger partial charge in [-0.2, -0.15) is 0 Å². The fourth-order valence-electron chi connectivity index (χ4n) is 3.13. The number of nitrogens with one attached hydrogen (secondary N) is 1. The summed E-state index contributed by atoms with van der Waals surface area (Å²) in [5, 5.41) is 2.69. The molecule has 0 aromatic heterocycles. The van der Waals surface area contributed by atoms with Gasteiger partial charge in [0.2, 0.25) is 11.8 Å². The van der Waals surface area contributed by atoms with Gasteiger partial charge in [-0.1, -0.05) is 13.8 Å². The number of carbonyl (C=O) groups is 2. The van der Waals surface area contributed by atoms with E-state index in [1.165, 1.54) is 0 Å². The van der Waals surface area contributed by atoms with Crippen molar-refractivity contribution in [2.45, 2.75) is 58.2 Å². The lowest BCUT2D eigenvalue weighted by Crippen LogP contribution is -2.64. The van der Waals surface area contributed by atoms with Crippen LogP contribution in [0.3, 0.4) is 0 Å². The SMILES string of the molecule is CC(C)C1C(=O)NCC(=O)N1C1CCOC(C)(C)C1. The zero-order valence-corrected chi connectivity index (χ0v) is 12.2. The van der Waals surface area contributed by atoms with Crippen LogP contribution in [-0.2, 0) is 14.3 Å². The number of hydrogen-bond acceptors (Lipinski definition) is 3. The largest absolute Gasteiger partial charge is 0.375 e. The lowest BCUT2D eigenvalue weighted by Gasteiger charge is -2.46. The van der Waals surface area contributed by atoms with Gasteiger partial charge in [-0.3, -0.25) is 9.59 Å². The number of amides is 2. The van der Waals surface area contributed by atoms with Crippen molar-refractivity contribution >= 4 is 11.8 Å². The predicted molar refractivity (Wildman–Crippen MR) is 71.5 cm³/mol. The van der Waals surface area contributed by atoms with Crippen molar-refractivity contribution in [2.24, 2.45) is 5.92 Å². The fourth-order valence-corrected chi connectivity index (χ4v) is 3.13. The van der Waals surface area contributed by atoms with Gasteiger partial charge < -0.3 is 15.0 Å². The number of carbonyl (C=O) groups excluding carboxylic acids is 2. The molecule has 2 aliphatic rings. The zero-order valence-electron chi connectivity index (χ0n) is 12.2. The first kappa shape index (κ1) is 14.3. The molecule has 0 saturated carbocycles. The Balaban J connectivity index is 2.22. The van der Waals surface area contributed by atoms with Crippen molar-refractivity contribution in [1.29, 1.82) is 0 Å². The molecular weight excluding hydrogens is 244 g/mol. The van der Waals surface area contributed by atoms with Crippen LogP contribution >= 0.6 is 0 Å². The Morgan fingerprint density at radius 1 is 1.37 bits per heavy atom. The standard InChI is InChI=1S/C14H24N2O3/c1-9(2)12-13(18)15-8-11(17)16(12)10-5-6-19-14(3,4)7-10/h9-10,12H,5-8H2,1-4H3,(H,15,18). The van der Waals surface area contributed by atoms with Crippen molar-refractivity contribution in [3.05, 3.63) is 0 Å². The average Bonchev–Trinajstić information content (AvgIpc) is 2.30. The third-order valence-electron chi connectivity index (χ3n) is 3.97. The summed E-state index contributed by atoms with van der Waals surface area (Å²) < 4.78 is 5.71. The molecule has 2 heterocycles. The van der Waals surface area contributed by atoms with Gasteiger partial charge in [-0.25, -0.2) is 0 Å². The molecule has 0 aromatic rings. The highest BCUT2D eigenvalue weighted by Gasteiger charge is 2.43. The summed E-state index contributed by atoms with van der Waals surface area (Å²) in [4.78, 5) is 26.1. The van der Waals surface area contributed by atoms with Crippen molar-refractivity contribution in [1.82, 2.24) is 10.2 Å². The molecule has 2 atom stereocenters. The highest BCUT2D eigenvalue weighted by molar-refractivity contribution is 5.95. The molecule has 2 saturated heterocycles. The molecule has 0 aliphatic carbocycles. The van der Waals surface area contributed by atoms with Gasteiger partial charge in [0.25, 0.3) is 0 Å². The summed E-state index contributed by atoms with van der Waals surface area (Å²) in [7, 11) is 0. The van der Waals surface area contributed by atoms with Crippen LogP contribution in [0, 0.1) is 5.92 Å². The molecule has 1 N–H and O–H groups in total. The van der Waals surface area contributed by atoms with Crippen LogP contribution in [0.4, 0.5) is 0 Å². The van der Waals surface area contributed by atoms with Gasteiger partial charge in [-0.05, 0) is 32.6 Å². The number of hydrogen-bond donors (Lipinski definition) is 1. The Bertz CT molecular complexity index is 379. The van der Waals surface area contributed by atoms with E-state index in [4.69, 9.17) is 4.74 Å². The van der Waals surface area contributed by atoms with Crippen molar-refractivity contribution in [2.75, 3.05) is 13.2 Å². The number of nitrogens with zero attached hydrogens (tertiary/aromatic N) is 1. The van der Waals surface area contributed by atoms with Gasteiger partial charge in [-0.15, -0.1) is 0 Å². The summed E-state index contributed by atoms with van der Waals surface area (Å²) in [5.74, 6) is 0.120. The van der Waals surface area contributed by atoms with E-state index in [1.54, 1.807) is 0 Å². The van der Waals surface area contributed by atoms with Gasteiger partial charge in [0, 0.05) is 12.6 Å². The first-order valence-electron chi connectivity index (χ1n) is 7.04. The monoisotopic (exact) mass is 268 g/mol. The van der Waals surface area contributed by atoms with Crippen LogP contribution in [0.2, 0.25) is 0 Å². The molecule has 0 aromatic carbocycles. The highest BCUT2D eigenvalue weighted by atomic mass is 16.5. The summed E-state index contributed by atoms with van der Waals surface area (Å²) in [6.07, 6.45) is 1.60. The lowest BCUT2D eigenvalue weighted by molar-refractivity contribution is -0.157. The van der Waals surface area contributed by atoms with Gasteiger partial charge in [0.1, 0.15) is 6.04 Å². The highest BCUT2D eigenvalue weighted by Crippen LogP contribution is 2.30. The second-order valence-corrected chi connectivity index (χ2v) is 6.46. The van der Waals surface area contributed by atoms with E-state index in [9.17, 15) is 9.59 Å². The Hall–Kier alpha value is -1.10. The maximum absolute atomic E-state index is 12.2. The summed E-state index contributed by atoms with van der Waals surface area (Å²) >= 11 is 0. The third kappa shape index (κ3) is 2.91. The van der Waals surface area contributed by atoms with Gasteiger partial charge in [0.05, 0.1) is 12.1 Å². The van der Waals surface area contributed by atoms with E-state index >= 15 is 0 Å². The second kappa shape index (κ2) is 5.12. The third-order valence-corrected chi connectivity index (χ3v) is 3.97. The van der Waals surface area contributed by atoms with Crippen molar-refractivity contribution in [3.8, 4) is 0 Å². The average molecular weight is 268 g/mol. The second-order valence-electron chi connectivity index (χ2n) is 6.46. The maximum atomic E-state index is 12.2. The molecule has 0 radical (unpaired) electrons. The van der Waals surface area contributed by atoms with Crippen LogP contribution in [-0.4, -0.2) is 47.6 Å².